The van der Waals surface area contributed by atoms with Gasteiger partial charge >= 0.3 is 5.97 Å². The third-order valence-electron chi connectivity index (χ3n) is 4.27. The number of anilines is 1. The summed E-state index contributed by atoms with van der Waals surface area (Å²) in [7, 11) is 0. The number of para-hydroxylation sites is 1. The van der Waals surface area contributed by atoms with Crippen LogP contribution in [-0.4, -0.2) is 22.5 Å². The number of benzene rings is 1. The summed E-state index contributed by atoms with van der Waals surface area (Å²) in [6.07, 6.45) is 4.32. The van der Waals surface area contributed by atoms with E-state index in [4.69, 9.17) is 5.11 Å². The predicted octanol–water partition coefficient (Wildman–Crippen LogP) is 3.29. The van der Waals surface area contributed by atoms with Crippen molar-refractivity contribution in [2.24, 2.45) is 5.41 Å². The first-order valence-corrected chi connectivity index (χ1v) is 6.74. The minimum Gasteiger partial charge on any atom is -0.478 e. The third-order valence-corrected chi connectivity index (χ3v) is 4.27. The number of hydrogen-bond acceptors (Lipinski definition) is 4. The molecule has 20 heavy (non-hydrogen) atoms. The number of carboxylic acid groups (broad SMARTS) is 1. The Hall–Kier alpha value is -2.11. The zero-order valence-corrected chi connectivity index (χ0v) is 11.4. The Labute approximate surface area is 117 Å². The lowest BCUT2D eigenvalue weighted by Crippen LogP contribution is -2.36. The molecule has 0 atom stereocenters. The number of nitro benzene ring substituents is 1. The summed E-state index contributed by atoms with van der Waals surface area (Å²) in [5.41, 5.74) is 0.0319. The van der Waals surface area contributed by atoms with Crippen molar-refractivity contribution in [2.75, 3.05) is 11.9 Å². The van der Waals surface area contributed by atoms with Crippen molar-refractivity contribution in [2.45, 2.75) is 32.6 Å². The van der Waals surface area contributed by atoms with E-state index in [1.54, 1.807) is 0 Å². The first-order chi connectivity index (χ1) is 9.49. The van der Waals surface area contributed by atoms with E-state index in [9.17, 15) is 14.9 Å². The van der Waals surface area contributed by atoms with Crippen LogP contribution in [-0.2, 0) is 0 Å². The van der Waals surface area contributed by atoms with E-state index in [1.807, 2.05) is 0 Å². The number of nitrogens with zero attached hydrogens (tertiary/aromatic N) is 1. The van der Waals surface area contributed by atoms with E-state index < -0.39 is 10.9 Å². The second-order valence-corrected chi connectivity index (χ2v) is 5.32. The lowest BCUT2D eigenvalue weighted by atomic mass is 9.67. The van der Waals surface area contributed by atoms with Crippen LogP contribution in [0.4, 0.5) is 11.4 Å². The molecule has 108 valence electrons. The van der Waals surface area contributed by atoms with E-state index >= 15 is 0 Å². The van der Waals surface area contributed by atoms with E-state index in [-0.39, 0.29) is 22.4 Å². The van der Waals surface area contributed by atoms with Crippen LogP contribution < -0.4 is 5.32 Å². The molecular formula is C14H18N2O4. The lowest BCUT2D eigenvalue weighted by molar-refractivity contribution is -0.384. The Morgan fingerprint density at radius 3 is 2.65 bits per heavy atom. The van der Waals surface area contributed by atoms with Crippen LogP contribution in [0.2, 0.25) is 0 Å². The number of nitrogens with one attached hydrogen (secondary N) is 1. The highest BCUT2D eigenvalue weighted by molar-refractivity contribution is 5.96. The Balaban J connectivity index is 2.28. The van der Waals surface area contributed by atoms with Gasteiger partial charge in [-0.15, -0.1) is 0 Å². The van der Waals surface area contributed by atoms with Crippen LogP contribution in [0.25, 0.3) is 0 Å². The van der Waals surface area contributed by atoms with Crippen LogP contribution in [0.1, 0.15) is 43.0 Å². The number of rotatable bonds is 6. The molecule has 1 aliphatic rings. The molecule has 0 saturated heterocycles. The molecule has 0 amide bonds. The zero-order chi connectivity index (χ0) is 14.8. The SMILES string of the molecule is CCC1(CNc2c(C(=O)O)cccc2[N+](=O)[O-])CCC1. The molecule has 6 heteroatoms. The molecule has 1 fully saturated rings. The van der Waals surface area contributed by atoms with Crippen molar-refractivity contribution < 1.29 is 14.8 Å². The molecule has 0 bridgehead atoms. The molecule has 1 aliphatic carbocycles. The molecule has 0 unspecified atom stereocenters. The highest BCUT2D eigenvalue weighted by Gasteiger charge is 2.35. The van der Waals surface area contributed by atoms with Gasteiger partial charge in [-0.05, 0) is 30.7 Å². The molecule has 0 radical (unpaired) electrons. The first-order valence-electron chi connectivity index (χ1n) is 6.74. The maximum Gasteiger partial charge on any atom is 0.338 e. The summed E-state index contributed by atoms with van der Waals surface area (Å²) in [4.78, 5) is 21.7. The average molecular weight is 278 g/mol. The number of hydrogen-bond donors (Lipinski definition) is 2. The second kappa shape index (κ2) is 5.48. The largest absolute Gasteiger partial charge is 0.478 e. The standard InChI is InChI=1S/C14H18N2O4/c1-2-14(7-4-8-14)9-15-12-10(13(17)18)5-3-6-11(12)16(19)20/h3,5-6,15H,2,4,7-9H2,1H3,(H,17,18). The lowest BCUT2D eigenvalue weighted by Gasteiger charge is -2.41. The molecule has 0 aromatic heterocycles. The fraction of sp³-hybridized carbons (Fsp3) is 0.500. The van der Waals surface area contributed by atoms with Crippen molar-refractivity contribution in [3.05, 3.63) is 33.9 Å². The van der Waals surface area contributed by atoms with Gasteiger partial charge in [-0.1, -0.05) is 19.4 Å². The quantitative estimate of drug-likeness (QED) is 0.615. The molecule has 1 aromatic rings. The van der Waals surface area contributed by atoms with Crippen molar-refractivity contribution in [1.29, 1.82) is 0 Å². The third kappa shape index (κ3) is 2.59. The van der Waals surface area contributed by atoms with Gasteiger partial charge in [-0.2, -0.15) is 0 Å². The molecule has 0 spiro atoms. The molecule has 2 rings (SSSR count). The Morgan fingerprint density at radius 2 is 2.20 bits per heavy atom. The van der Waals surface area contributed by atoms with Gasteiger partial charge in [0, 0.05) is 12.6 Å². The summed E-state index contributed by atoms with van der Waals surface area (Å²) in [5, 5.41) is 23.2. The van der Waals surface area contributed by atoms with Crippen LogP contribution in [0, 0.1) is 15.5 Å². The van der Waals surface area contributed by atoms with Crippen molar-refractivity contribution in [3.63, 3.8) is 0 Å². The summed E-state index contributed by atoms with van der Waals surface area (Å²) in [5.74, 6) is -1.16. The zero-order valence-electron chi connectivity index (χ0n) is 11.4. The molecule has 1 saturated carbocycles. The fourth-order valence-electron chi connectivity index (χ4n) is 2.66. The molecule has 6 nitrogen and oxygen atoms in total. The van der Waals surface area contributed by atoms with Crippen molar-refractivity contribution >= 4 is 17.3 Å². The number of carboxylic acids is 1. The Kier molecular flexibility index (Phi) is 3.92. The smallest absolute Gasteiger partial charge is 0.338 e. The molecule has 1 aromatic carbocycles. The van der Waals surface area contributed by atoms with Gasteiger partial charge in [0.2, 0.25) is 0 Å². The van der Waals surface area contributed by atoms with Gasteiger partial charge in [0.25, 0.3) is 5.69 Å². The molecule has 0 aliphatic heterocycles. The van der Waals surface area contributed by atoms with Crippen LogP contribution in [0.15, 0.2) is 18.2 Å². The topological polar surface area (TPSA) is 92.5 Å². The summed E-state index contributed by atoms with van der Waals surface area (Å²) < 4.78 is 0. The van der Waals surface area contributed by atoms with Crippen LogP contribution in [0.5, 0.6) is 0 Å². The van der Waals surface area contributed by atoms with Crippen LogP contribution in [0.3, 0.4) is 0 Å². The van der Waals surface area contributed by atoms with E-state index in [1.165, 1.54) is 18.2 Å². The monoisotopic (exact) mass is 278 g/mol. The summed E-state index contributed by atoms with van der Waals surface area (Å²) in [6, 6.07) is 4.11. The minimum absolute atomic E-state index is 0.0511. The molecule has 0 heterocycles. The summed E-state index contributed by atoms with van der Waals surface area (Å²) in [6.45, 7) is 2.67. The van der Waals surface area contributed by atoms with E-state index in [0.717, 1.165) is 25.7 Å². The number of carbonyl (C=O) groups is 1. The van der Waals surface area contributed by atoms with E-state index in [0.29, 0.717) is 6.54 Å². The van der Waals surface area contributed by atoms with Gasteiger partial charge < -0.3 is 10.4 Å². The average Bonchev–Trinajstić information content (AvgIpc) is 2.37. The summed E-state index contributed by atoms with van der Waals surface area (Å²) >= 11 is 0. The highest BCUT2D eigenvalue weighted by atomic mass is 16.6. The van der Waals surface area contributed by atoms with Gasteiger partial charge in [0.1, 0.15) is 5.69 Å². The molecule has 2 N–H and O–H groups in total. The minimum atomic E-state index is -1.16. The first kappa shape index (κ1) is 14.3. The maximum atomic E-state index is 11.2. The number of aromatic carboxylic acids is 1. The normalized spacial score (nSPS) is 16.2. The van der Waals surface area contributed by atoms with Gasteiger partial charge in [-0.3, -0.25) is 10.1 Å². The number of nitro groups is 1. The van der Waals surface area contributed by atoms with Crippen molar-refractivity contribution in [3.8, 4) is 0 Å². The Morgan fingerprint density at radius 1 is 1.50 bits per heavy atom. The van der Waals surface area contributed by atoms with Gasteiger partial charge in [0.05, 0.1) is 10.5 Å². The second-order valence-electron chi connectivity index (χ2n) is 5.32. The van der Waals surface area contributed by atoms with Gasteiger partial charge in [-0.25, -0.2) is 4.79 Å². The van der Waals surface area contributed by atoms with Gasteiger partial charge in [0.15, 0.2) is 0 Å². The van der Waals surface area contributed by atoms with Crippen molar-refractivity contribution in [1.82, 2.24) is 0 Å². The highest BCUT2D eigenvalue weighted by Crippen LogP contribution is 2.44. The molecular weight excluding hydrogens is 260 g/mol. The van der Waals surface area contributed by atoms with Crippen LogP contribution >= 0.6 is 0 Å². The fourth-order valence-corrected chi connectivity index (χ4v) is 2.66. The maximum absolute atomic E-state index is 11.2. The van der Waals surface area contributed by atoms with E-state index in [2.05, 4.69) is 12.2 Å². The predicted molar refractivity (Wildman–Crippen MR) is 75.1 cm³/mol. The Bertz CT molecular complexity index is 500.